The van der Waals surface area contributed by atoms with Crippen molar-refractivity contribution in [2.75, 3.05) is 33.2 Å². The minimum Gasteiger partial charge on any atom is -0.464 e. The average molecular weight is 421 g/mol. The smallest absolute Gasteiger partial charge is 0.253 e. The summed E-state index contributed by atoms with van der Waals surface area (Å²) in [5, 5.41) is 0. The summed E-state index contributed by atoms with van der Waals surface area (Å²) in [4.78, 5) is 17.3. The third kappa shape index (κ3) is 5.61. The molecule has 3 aromatic rings. The van der Waals surface area contributed by atoms with E-state index in [1.807, 2.05) is 60.5 Å². The van der Waals surface area contributed by atoms with Crippen molar-refractivity contribution in [1.82, 2.24) is 9.80 Å². The normalized spacial score (nSPS) is 15.2. The first-order valence-electron chi connectivity index (χ1n) is 10.9. The first kappa shape index (κ1) is 21.3. The maximum Gasteiger partial charge on any atom is 0.253 e. The molecule has 1 amide bonds. The van der Waals surface area contributed by atoms with Gasteiger partial charge in [0.1, 0.15) is 11.6 Å². The van der Waals surface area contributed by atoms with Crippen molar-refractivity contribution in [3.8, 4) is 11.3 Å². The Kier molecular flexibility index (Phi) is 6.82. The molecule has 1 aliphatic heterocycles. The summed E-state index contributed by atoms with van der Waals surface area (Å²) in [7, 11) is 1.89. The van der Waals surface area contributed by atoms with Crippen molar-refractivity contribution in [3.63, 3.8) is 0 Å². The highest BCUT2D eigenvalue weighted by atomic mass is 19.1. The van der Waals surface area contributed by atoms with E-state index in [1.54, 1.807) is 6.26 Å². The lowest BCUT2D eigenvalue weighted by Crippen LogP contribution is -2.40. The van der Waals surface area contributed by atoms with Gasteiger partial charge in [0.05, 0.1) is 6.26 Å². The van der Waals surface area contributed by atoms with Crippen LogP contribution < -0.4 is 0 Å². The van der Waals surface area contributed by atoms with E-state index in [9.17, 15) is 9.18 Å². The molecule has 0 spiro atoms. The molecule has 0 radical (unpaired) electrons. The van der Waals surface area contributed by atoms with Gasteiger partial charge >= 0.3 is 0 Å². The molecule has 1 aromatic heterocycles. The highest BCUT2D eigenvalue weighted by Crippen LogP contribution is 2.23. The van der Waals surface area contributed by atoms with Crippen LogP contribution in [0.4, 0.5) is 4.39 Å². The molecule has 4 nitrogen and oxygen atoms in total. The maximum absolute atomic E-state index is 13.0. The summed E-state index contributed by atoms with van der Waals surface area (Å²) >= 11 is 0. The van der Waals surface area contributed by atoms with Crippen LogP contribution in [0.25, 0.3) is 11.3 Å². The van der Waals surface area contributed by atoms with Crippen LogP contribution in [0.2, 0.25) is 0 Å². The molecule has 0 N–H and O–H groups in total. The van der Waals surface area contributed by atoms with Gasteiger partial charge in [0, 0.05) is 31.3 Å². The zero-order valence-electron chi connectivity index (χ0n) is 18.0. The SMILES string of the molecule is CN(CC1CCN(CCc2ccc(F)cc2)CC1)C(=O)c1cccc(-c2ccco2)c1. The molecular formula is C26H29FN2O2. The van der Waals surface area contributed by atoms with E-state index >= 15 is 0 Å². The zero-order valence-corrected chi connectivity index (χ0v) is 18.0. The van der Waals surface area contributed by atoms with Crippen molar-refractivity contribution in [3.05, 3.63) is 83.9 Å². The second kappa shape index (κ2) is 9.92. The summed E-state index contributed by atoms with van der Waals surface area (Å²) in [6, 6.07) is 18.2. The van der Waals surface area contributed by atoms with E-state index in [1.165, 1.54) is 17.7 Å². The second-order valence-electron chi connectivity index (χ2n) is 8.41. The summed E-state index contributed by atoms with van der Waals surface area (Å²) < 4.78 is 18.5. The van der Waals surface area contributed by atoms with Gasteiger partial charge in [-0.25, -0.2) is 4.39 Å². The first-order chi connectivity index (χ1) is 15.1. The predicted octanol–water partition coefficient (Wildman–Crippen LogP) is 5.11. The Morgan fingerprint density at radius 1 is 1.10 bits per heavy atom. The molecule has 0 saturated carbocycles. The summed E-state index contributed by atoms with van der Waals surface area (Å²) in [5.41, 5.74) is 2.78. The van der Waals surface area contributed by atoms with E-state index in [-0.39, 0.29) is 11.7 Å². The number of hydrogen-bond donors (Lipinski definition) is 0. The standard InChI is InChI=1S/C26H29FN2O2/c1-28(26(30)23-5-2-4-22(18-23)25-6-3-17-31-25)19-21-12-15-29(16-13-21)14-11-20-7-9-24(27)10-8-20/h2-10,17-18,21H,11-16,19H2,1H3. The Morgan fingerprint density at radius 3 is 2.58 bits per heavy atom. The van der Waals surface area contributed by atoms with Gasteiger partial charge in [-0.3, -0.25) is 4.79 Å². The van der Waals surface area contributed by atoms with Crippen LogP contribution >= 0.6 is 0 Å². The maximum atomic E-state index is 13.0. The number of piperidine rings is 1. The molecule has 1 saturated heterocycles. The van der Waals surface area contributed by atoms with Gasteiger partial charge in [-0.15, -0.1) is 0 Å². The number of furan rings is 1. The van der Waals surface area contributed by atoms with Gasteiger partial charge in [-0.05, 0) is 80.2 Å². The Hall–Kier alpha value is -2.92. The number of likely N-dealkylation sites (tertiary alicyclic amines) is 1. The number of carbonyl (C=O) groups excluding carboxylic acids is 1. The number of nitrogens with zero attached hydrogens (tertiary/aromatic N) is 2. The molecule has 0 aliphatic carbocycles. The lowest BCUT2D eigenvalue weighted by molar-refractivity contribution is 0.0740. The number of benzene rings is 2. The number of rotatable bonds is 7. The van der Waals surface area contributed by atoms with Crippen LogP contribution in [0.15, 0.2) is 71.3 Å². The Bertz CT molecular complexity index is 977. The number of hydrogen-bond acceptors (Lipinski definition) is 3. The molecule has 5 heteroatoms. The molecule has 31 heavy (non-hydrogen) atoms. The molecule has 2 heterocycles. The molecule has 0 atom stereocenters. The third-order valence-corrected chi connectivity index (χ3v) is 6.13. The van der Waals surface area contributed by atoms with Crippen molar-refractivity contribution < 1.29 is 13.6 Å². The summed E-state index contributed by atoms with van der Waals surface area (Å²) in [6.07, 6.45) is 4.76. The summed E-state index contributed by atoms with van der Waals surface area (Å²) in [5.74, 6) is 1.15. The second-order valence-corrected chi connectivity index (χ2v) is 8.41. The quantitative estimate of drug-likeness (QED) is 0.533. The minimum atomic E-state index is -0.184. The minimum absolute atomic E-state index is 0.0483. The van der Waals surface area contributed by atoms with Crippen LogP contribution in [-0.4, -0.2) is 48.9 Å². The lowest BCUT2D eigenvalue weighted by atomic mass is 9.95. The van der Waals surface area contributed by atoms with Crippen LogP contribution in [0, 0.1) is 11.7 Å². The third-order valence-electron chi connectivity index (χ3n) is 6.13. The van der Waals surface area contributed by atoms with Crippen LogP contribution in [-0.2, 0) is 6.42 Å². The fourth-order valence-electron chi connectivity index (χ4n) is 4.27. The Morgan fingerprint density at radius 2 is 1.87 bits per heavy atom. The zero-order chi connectivity index (χ0) is 21.6. The van der Waals surface area contributed by atoms with Gasteiger partial charge in [-0.1, -0.05) is 24.3 Å². The van der Waals surface area contributed by atoms with Crippen molar-refractivity contribution in [2.45, 2.75) is 19.3 Å². The monoisotopic (exact) mass is 420 g/mol. The van der Waals surface area contributed by atoms with Crippen molar-refractivity contribution >= 4 is 5.91 Å². The first-order valence-corrected chi connectivity index (χ1v) is 10.9. The van der Waals surface area contributed by atoms with E-state index < -0.39 is 0 Å². The number of amides is 1. The van der Waals surface area contributed by atoms with Gasteiger partial charge in [0.2, 0.25) is 0 Å². The highest BCUT2D eigenvalue weighted by molar-refractivity contribution is 5.95. The fourth-order valence-corrected chi connectivity index (χ4v) is 4.27. The molecule has 2 aromatic carbocycles. The molecule has 0 bridgehead atoms. The van der Waals surface area contributed by atoms with Crippen molar-refractivity contribution in [1.29, 1.82) is 0 Å². The molecule has 0 unspecified atom stereocenters. The number of carbonyl (C=O) groups is 1. The molecule has 4 rings (SSSR count). The lowest BCUT2D eigenvalue weighted by Gasteiger charge is -2.34. The number of halogens is 1. The Balaban J connectivity index is 1.25. The van der Waals surface area contributed by atoms with Gasteiger partial charge < -0.3 is 14.2 Å². The van der Waals surface area contributed by atoms with Crippen molar-refractivity contribution in [2.24, 2.45) is 5.92 Å². The van der Waals surface area contributed by atoms with E-state index in [0.29, 0.717) is 11.5 Å². The molecule has 162 valence electrons. The largest absolute Gasteiger partial charge is 0.464 e. The van der Waals surface area contributed by atoms with E-state index in [2.05, 4.69) is 4.90 Å². The highest BCUT2D eigenvalue weighted by Gasteiger charge is 2.22. The topological polar surface area (TPSA) is 36.7 Å². The van der Waals surface area contributed by atoms with Gasteiger partial charge in [0.25, 0.3) is 5.91 Å². The predicted molar refractivity (Wildman–Crippen MR) is 120 cm³/mol. The molecule has 1 fully saturated rings. The summed E-state index contributed by atoms with van der Waals surface area (Å²) in [6.45, 7) is 3.85. The van der Waals surface area contributed by atoms with E-state index in [0.717, 1.165) is 56.8 Å². The van der Waals surface area contributed by atoms with Crippen LogP contribution in [0.3, 0.4) is 0 Å². The van der Waals surface area contributed by atoms with Gasteiger partial charge in [0.15, 0.2) is 0 Å². The van der Waals surface area contributed by atoms with Crippen LogP contribution in [0.1, 0.15) is 28.8 Å². The van der Waals surface area contributed by atoms with E-state index in [4.69, 9.17) is 4.42 Å². The molecular weight excluding hydrogens is 391 g/mol. The Labute approximate surface area is 183 Å². The average Bonchev–Trinajstić information content (AvgIpc) is 3.34. The van der Waals surface area contributed by atoms with Gasteiger partial charge in [-0.2, -0.15) is 0 Å². The molecule has 1 aliphatic rings. The van der Waals surface area contributed by atoms with Crippen LogP contribution in [0.5, 0.6) is 0 Å². The fraction of sp³-hybridized carbons (Fsp3) is 0.346.